The molecular weight excluding hydrogens is 216 g/mol. The number of allylic oxidation sites excluding steroid dienone is 6. The Bertz CT molecular complexity index is 293. The van der Waals surface area contributed by atoms with Crippen molar-refractivity contribution in [3.05, 3.63) is 49.1 Å². The van der Waals surface area contributed by atoms with E-state index in [1.165, 1.54) is 5.57 Å². The Balaban J connectivity index is 4.92. The van der Waals surface area contributed by atoms with E-state index in [0.29, 0.717) is 17.8 Å². The highest BCUT2D eigenvalue weighted by molar-refractivity contribution is 5.11. The molecule has 102 valence electrons. The van der Waals surface area contributed by atoms with Crippen LogP contribution in [0.3, 0.4) is 0 Å². The molecule has 0 heterocycles. The summed E-state index contributed by atoms with van der Waals surface area (Å²) in [6, 6.07) is 0. The summed E-state index contributed by atoms with van der Waals surface area (Å²) < 4.78 is 0. The molecule has 0 bridgehead atoms. The molecule has 3 unspecified atom stereocenters. The Kier molecular flexibility index (Phi) is 9.36. The molecule has 0 nitrogen and oxygen atoms in total. The fourth-order valence-corrected chi connectivity index (χ4v) is 2.50. The minimum Gasteiger partial charge on any atom is -0.103 e. The lowest BCUT2D eigenvalue weighted by Gasteiger charge is -2.24. The Morgan fingerprint density at radius 2 is 1.89 bits per heavy atom. The highest BCUT2D eigenvalue weighted by atomic mass is 14.2. The lowest BCUT2D eigenvalue weighted by atomic mass is 9.81. The maximum absolute atomic E-state index is 3.99. The molecule has 0 N–H and O–H groups in total. The summed E-state index contributed by atoms with van der Waals surface area (Å²) >= 11 is 0. The van der Waals surface area contributed by atoms with Crippen molar-refractivity contribution in [1.29, 1.82) is 0 Å². The van der Waals surface area contributed by atoms with E-state index in [2.05, 4.69) is 65.2 Å². The molecule has 3 atom stereocenters. The van der Waals surface area contributed by atoms with Crippen molar-refractivity contribution in [2.75, 3.05) is 0 Å². The molecule has 0 spiro atoms. The van der Waals surface area contributed by atoms with Crippen LogP contribution in [0.2, 0.25) is 0 Å². The third-order valence-corrected chi connectivity index (χ3v) is 3.59. The number of hydrogen-bond donors (Lipinski definition) is 0. The van der Waals surface area contributed by atoms with E-state index in [-0.39, 0.29) is 0 Å². The highest BCUT2D eigenvalue weighted by Gasteiger charge is 2.18. The SMILES string of the molecule is C=CCC(C)C=C(C)C(CC=CC)C(C=C)CC. The maximum Gasteiger partial charge on any atom is -0.0109 e. The largest absolute Gasteiger partial charge is 0.103 e. The van der Waals surface area contributed by atoms with Crippen LogP contribution in [0.25, 0.3) is 0 Å². The fourth-order valence-electron chi connectivity index (χ4n) is 2.50. The third-order valence-electron chi connectivity index (χ3n) is 3.59. The highest BCUT2D eigenvalue weighted by Crippen LogP contribution is 2.29. The number of rotatable bonds is 9. The van der Waals surface area contributed by atoms with Gasteiger partial charge in [-0.05, 0) is 50.9 Å². The lowest BCUT2D eigenvalue weighted by molar-refractivity contribution is 0.441. The minimum atomic E-state index is 0.577. The van der Waals surface area contributed by atoms with Crippen molar-refractivity contribution in [1.82, 2.24) is 0 Å². The van der Waals surface area contributed by atoms with Crippen LogP contribution in [-0.4, -0.2) is 0 Å². The average molecular weight is 246 g/mol. The molecule has 0 rings (SSSR count). The van der Waals surface area contributed by atoms with Crippen molar-refractivity contribution in [3.8, 4) is 0 Å². The minimum absolute atomic E-state index is 0.577. The summed E-state index contributed by atoms with van der Waals surface area (Å²) in [6.45, 7) is 16.7. The molecule has 0 aliphatic heterocycles. The smallest absolute Gasteiger partial charge is 0.0109 e. The molecule has 0 aliphatic carbocycles. The molecule has 0 saturated heterocycles. The summed E-state index contributed by atoms with van der Waals surface area (Å²) in [6.07, 6.45) is 14.3. The Labute approximate surface area is 114 Å². The first-order valence-corrected chi connectivity index (χ1v) is 7.13. The van der Waals surface area contributed by atoms with Gasteiger partial charge in [0.2, 0.25) is 0 Å². The molecule has 0 aromatic heterocycles. The quantitative estimate of drug-likeness (QED) is 0.442. The van der Waals surface area contributed by atoms with Crippen LogP contribution in [0.5, 0.6) is 0 Å². The van der Waals surface area contributed by atoms with Gasteiger partial charge in [-0.25, -0.2) is 0 Å². The van der Waals surface area contributed by atoms with Gasteiger partial charge < -0.3 is 0 Å². The predicted molar refractivity (Wildman–Crippen MR) is 84.6 cm³/mol. The molecule has 0 aliphatic rings. The van der Waals surface area contributed by atoms with E-state index in [1.807, 2.05) is 6.08 Å². The van der Waals surface area contributed by atoms with E-state index < -0.39 is 0 Å². The second kappa shape index (κ2) is 9.94. The molecule has 18 heavy (non-hydrogen) atoms. The first kappa shape index (κ1) is 17.0. The summed E-state index contributed by atoms with van der Waals surface area (Å²) in [5.41, 5.74) is 1.49. The van der Waals surface area contributed by atoms with Crippen LogP contribution in [0.15, 0.2) is 49.1 Å². The molecule has 0 amide bonds. The first-order chi connectivity index (χ1) is 8.60. The van der Waals surface area contributed by atoms with Crippen LogP contribution in [0, 0.1) is 17.8 Å². The van der Waals surface area contributed by atoms with Crippen molar-refractivity contribution in [2.24, 2.45) is 17.8 Å². The van der Waals surface area contributed by atoms with Crippen molar-refractivity contribution in [2.45, 2.75) is 47.0 Å². The normalized spacial score (nSPS) is 17.4. The van der Waals surface area contributed by atoms with Crippen LogP contribution in [0.1, 0.15) is 47.0 Å². The first-order valence-electron chi connectivity index (χ1n) is 7.13. The van der Waals surface area contributed by atoms with Crippen molar-refractivity contribution in [3.63, 3.8) is 0 Å². The molecule has 0 saturated carbocycles. The molecule has 0 heteroatoms. The van der Waals surface area contributed by atoms with E-state index in [1.54, 1.807) is 0 Å². The average Bonchev–Trinajstić information content (AvgIpc) is 2.34. The lowest BCUT2D eigenvalue weighted by Crippen LogP contribution is -2.13. The fraction of sp³-hybridized carbons (Fsp3) is 0.556. The monoisotopic (exact) mass is 246 g/mol. The zero-order valence-corrected chi connectivity index (χ0v) is 12.7. The maximum atomic E-state index is 3.99. The summed E-state index contributed by atoms with van der Waals surface area (Å²) in [7, 11) is 0. The van der Waals surface area contributed by atoms with Gasteiger partial charge in [-0.15, -0.1) is 13.2 Å². The molecule has 0 aromatic carbocycles. The van der Waals surface area contributed by atoms with Crippen LogP contribution in [0.4, 0.5) is 0 Å². The third kappa shape index (κ3) is 6.05. The number of hydrogen-bond acceptors (Lipinski definition) is 0. The van der Waals surface area contributed by atoms with Gasteiger partial charge in [0.05, 0.1) is 0 Å². The molecule has 0 fully saturated rings. The van der Waals surface area contributed by atoms with Crippen molar-refractivity contribution >= 4 is 0 Å². The molecular formula is C18H30. The van der Waals surface area contributed by atoms with Gasteiger partial charge in [0, 0.05) is 0 Å². The van der Waals surface area contributed by atoms with Gasteiger partial charge in [-0.2, -0.15) is 0 Å². The predicted octanol–water partition coefficient (Wildman–Crippen LogP) is 5.94. The zero-order valence-electron chi connectivity index (χ0n) is 12.7. The van der Waals surface area contributed by atoms with E-state index in [9.17, 15) is 0 Å². The second-order valence-electron chi connectivity index (χ2n) is 5.13. The Hall–Kier alpha value is -1.04. The van der Waals surface area contributed by atoms with Crippen molar-refractivity contribution < 1.29 is 0 Å². The zero-order chi connectivity index (χ0) is 14.0. The Morgan fingerprint density at radius 3 is 2.33 bits per heavy atom. The van der Waals surface area contributed by atoms with Crippen LogP contribution < -0.4 is 0 Å². The van der Waals surface area contributed by atoms with Crippen LogP contribution in [-0.2, 0) is 0 Å². The van der Waals surface area contributed by atoms with Crippen LogP contribution >= 0.6 is 0 Å². The topological polar surface area (TPSA) is 0 Å². The Morgan fingerprint density at radius 1 is 1.22 bits per heavy atom. The van der Waals surface area contributed by atoms with Gasteiger partial charge >= 0.3 is 0 Å². The second-order valence-corrected chi connectivity index (χ2v) is 5.13. The summed E-state index contributed by atoms with van der Waals surface area (Å²) in [5.74, 6) is 1.75. The molecule has 0 aromatic rings. The standard InChI is InChI=1S/C18H30/c1-7-11-13-18(17(9-3)10-4)16(6)14-15(5)12-8-2/h7-9,11,14-15,17-18H,2-3,10,12-13H2,1,4-6H3. The van der Waals surface area contributed by atoms with Gasteiger partial charge in [0.25, 0.3) is 0 Å². The van der Waals surface area contributed by atoms with Gasteiger partial charge in [0.1, 0.15) is 0 Å². The van der Waals surface area contributed by atoms with E-state index in [4.69, 9.17) is 0 Å². The van der Waals surface area contributed by atoms with Gasteiger partial charge in [-0.3, -0.25) is 0 Å². The summed E-state index contributed by atoms with van der Waals surface area (Å²) in [4.78, 5) is 0. The molecule has 0 radical (unpaired) electrons. The van der Waals surface area contributed by atoms with E-state index >= 15 is 0 Å². The van der Waals surface area contributed by atoms with Gasteiger partial charge in [-0.1, -0.05) is 49.8 Å². The van der Waals surface area contributed by atoms with E-state index in [0.717, 1.165) is 19.3 Å². The summed E-state index contributed by atoms with van der Waals surface area (Å²) in [5, 5.41) is 0. The van der Waals surface area contributed by atoms with Gasteiger partial charge in [0.15, 0.2) is 0 Å².